The van der Waals surface area contributed by atoms with Gasteiger partial charge in [-0.25, -0.2) is 0 Å². The van der Waals surface area contributed by atoms with Crippen LogP contribution in [-0.2, 0) is 6.54 Å². The second-order valence-corrected chi connectivity index (χ2v) is 7.00. The number of nitrogens with zero attached hydrogens (tertiary/aromatic N) is 1. The maximum Gasteiger partial charge on any atom is 0.0327 e. The minimum Gasteiger partial charge on any atom is -0.314 e. The van der Waals surface area contributed by atoms with Gasteiger partial charge in [0, 0.05) is 24.0 Å². The lowest BCUT2D eigenvalue weighted by molar-refractivity contribution is 0.196. The van der Waals surface area contributed by atoms with Crippen LogP contribution in [0.15, 0.2) is 17.5 Å². The summed E-state index contributed by atoms with van der Waals surface area (Å²) in [5, 5.41) is 5.93. The Morgan fingerprint density at radius 3 is 2.80 bits per heavy atom. The smallest absolute Gasteiger partial charge is 0.0327 e. The quantitative estimate of drug-likeness (QED) is 0.761. The van der Waals surface area contributed by atoms with Crippen molar-refractivity contribution in [2.24, 2.45) is 5.92 Å². The van der Waals surface area contributed by atoms with Crippen LogP contribution >= 0.6 is 11.3 Å². The molecule has 2 nitrogen and oxygen atoms in total. The van der Waals surface area contributed by atoms with E-state index in [2.05, 4.69) is 41.6 Å². The third-order valence-corrected chi connectivity index (χ3v) is 5.39. The molecule has 0 radical (unpaired) electrons. The number of hydrogen-bond acceptors (Lipinski definition) is 3. The van der Waals surface area contributed by atoms with E-state index in [-0.39, 0.29) is 0 Å². The molecule has 0 amide bonds. The Balaban J connectivity index is 1.92. The summed E-state index contributed by atoms with van der Waals surface area (Å²) in [5.41, 5.74) is 0. The van der Waals surface area contributed by atoms with Crippen molar-refractivity contribution in [2.75, 3.05) is 19.6 Å². The molecule has 0 saturated heterocycles. The molecule has 0 aliphatic heterocycles. The molecule has 0 spiro atoms. The van der Waals surface area contributed by atoms with Gasteiger partial charge in [0.25, 0.3) is 0 Å². The molecule has 3 heteroatoms. The first-order valence-corrected chi connectivity index (χ1v) is 9.19. The van der Waals surface area contributed by atoms with E-state index in [1.807, 2.05) is 11.3 Å². The van der Waals surface area contributed by atoms with Crippen molar-refractivity contribution in [3.05, 3.63) is 22.4 Å². The van der Waals surface area contributed by atoms with Gasteiger partial charge in [-0.3, -0.25) is 4.90 Å². The monoisotopic (exact) mass is 294 g/mol. The largest absolute Gasteiger partial charge is 0.314 e. The first-order chi connectivity index (χ1) is 9.83. The first-order valence-electron chi connectivity index (χ1n) is 8.31. The average molecular weight is 295 g/mol. The molecular weight excluding hydrogens is 264 g/mol. The maximum absolute atomic E-state index is 3.74. The van der Waals surface area contributed by atoms with Crippen molar-refractivity contribution < 1.29 is 0 Å². The van der Waals surface area contributed by atoms with Gasteiger partial charge in [0.05, 0.1) is 0 Å². The Labute approximate surface area is 128 Å². The maximum atomic E-state index is 3.74. The van der Waals surface area contributed by atoms with Crippen molar-refractivity contribution in [2.45, 2.75) is 58.5 Å². The van der Waals surface area contributed by atoms with Crippen LogP contribution in [0.4, 0.5) is 0 Å². The minimum atomic E-state index is 0.736. The van der Waals surface area contributed by atoms with Crippen molar-refractivity contribution in [1.29, 1.82) is 0 Å². The van der Waals surface area contributed by atoms with Crippen LogP contribution in [0.3, 0.4) is 0 Å². The van der Waals surface area contributed by atoms with Gasteiger partial charge in [0.2, 0.25) is 0 Å². The van der Waals surface area contributed by atoms with Gasteiger partial charge in [0.15, 0.2) is 0 Å². The van der Waals surface area contributed by atoms with Gasteiger partial charge in [-0.1, -0.05) is 39.2 Å². The predicted molar refractivity (Wildman–Crippen MR) is 89.3 cm³/mol. The molecule has 1 fully saturated rings. The van der Waals surface area contributed by atoms with Crippen LogP contribution in [0.2, 0.25) is 0 Å². The van der Waals surface area contributed by atoms with E-state index in [9.17, 15) is 0 Å². The van der Waals surface area contributed by atoms with Crippen LogP contribution in [0.25, 0.3) is 0 Å². The van der Waals surface area contributed by atoms with E-state index in [1.165, 1.54) is 43.5 Å². The van der Waals surface area contributed by atoms with Crippen LogP contribution in [0.1, 0.15) is 50.8 Å². The van der Waals surface area contributed by atoms with Gasteiger partial charge in [0.1, 0.15) is 0 Å². The van der Waals surface area contributed by atoms with Gasteiger partial charge in [-0.15, -0.1) is 11.3 Å². The Hall–Kier alpha value is -0.380. The zero-order valence-electron chi connectivity index (χ0n) is 13.1. The zero-order chi connectivity index (χ0) is 14.2. The van der Waals surface area contributed by atoms with E-state index in [1.54, 1.807) is 0 Å². The Kier molecular flexibility index (Phi) is 7.05. The topological polar surface area (TPSA) is 15.3 Å². The highest BCUT2D eigenvalue weighted by atomic mass is 32.1. The highest BCUT2D eigenvalue weighted by molar-refractivity contribution is 7.09. The standard InChI is InChI=1S/C17H30N2S/c1-3-18-17-11-7-5-6-9-15(17)13-19(4-2)14-16-10-8-12-20-16/h8,10,12,15,17-18H,3-7,9,11,13-14H2,1-2H3. The lowest BCUT2D eigenvalue weighted by Crippen LogP contribution is -2.41. The van der Waals surface area contributed by atoms with E-state index < -0.39 is 0 Å². The van der Waals surface area contributed by atoms with E-state index in [0.717, 1.165) is 31.6 Å². The van der Waals surface area contributed by atoms with Crippen molar-refractivity contribution in [3.63, 3.8) is 0 Å². The fourth-order valence-electron chi connectivity index (χ4n) is 3.39. The molecule has 1 aromatic rings. The molecule has 1 saturated carbocycles. The van der Waals surface area contributed by atoms with E-state index >= 15 is 0 Å². The third kappa shape index (κ3) is 4.87. The molecule has 1 aliphatic rings. The van der Waals surface area contributed by atoms with Crippen LogP contribution in [-0.4, -0.2) is 30.6 Å². The fraction of sp³-hybridized carbons (Fsp3) is 0.765. The summed E-state index contributed by atoms with van der Waals surface area (Å²) in [4.78, 5) is 4.13. The summed E-state index contributed by atoms with van der Waals surface area (Å²) in [6.07, 6.45) is 7.03. The fourth-order valence-corrected chi connectivity index (χ4v) is 4.14. The Bertz CT molecular complexity index is 350. The van der Waals surface area contributed by atoms with Crippen LogP contribution < -0.4 is 5.32 Å². The molecule has 1 aromatic heterocycles. The summed E-state index contributed by atoms with van der Waals surface area (Å²) in [7, 11) is 0. The van der Waals surface area contributed by atoms with Crippen molar-refractivity contribution in [1.82, 2.24) is 10.2 Å². The average Bonchev–Trinajstić information content (AvgIpc) is 2.87. The second-order valence-electron chi connectivity index (χ2n) is 5.97. The highest BCUT2D eigenvalue weighted by Crippen LogP contribution is 2.25. The molecule has 114 valence electrons. The Morgan fingerprint density at radius 2 is 2.10 bits per heavy atom. The summed E-state index contributed by atoms with van der Waals surface area (Å²) in [6, 6.07) is 5.17. The van der Waals surface area contributed by atoms with Gasteiger partial charge in [-0.2, -0.15) is 0 Å². The molecule has 1 aliphatic carbocycles. The Morgan fingerprint density at radius 1 is 1.25 bits per heavy atom. The summed E-state index contributed by atoms with van der Waals surface area (Å²) >= 11 is 1.89. The van der Waals surface area contributed by atoms with Gasteiger partial charge < -0.3 is 5.32 Å². The number of rotatable bonds is 7. The van der Waals surface area contributed by atoms with Crippen molar-refractivity contribution >= 4 is 11.3 Å². The minimum absolute atomic E-state index is 0.736. The summed E-state index contributed by atoms with van der Waals surface area (Å²) < 4.78 is 0. The zero-order valence-corrected chi connectivity index (χ0v) is 13.9. The van der Waals surface area contributed by atoms with Crippen molar-refractivity contribution in [3.8, 4) is 0 Å². The number of hydrogen-bond donors (Lipinski definition) is 1. The summed E-state index contributed by atoms with van der Waals surface area (Å²) in [6.45, 7) is 9.19. The van der Waals surface area contributed by atoms with Gasteiger partial charge >= 0.3 is 0 Å². The molecule has 2 unspecified atom stereocenters. The SMILES string of the molecule is CCNC1CCCCCC1CN(CC)Cc1cccs1. The number of nitrogens with one attached hydrogen (secondary N) is 1. The molecule has 2 rings (SSSR count). The first kappa shape index (κ1) is 16.0. The normalized spacial score (nSPS) is 23.9. The highest BCUT2D eigenvalue weighted by Gasteiger charge is 2.24. The molecule has 2 atom stereocenters. The third-order valence-electron chi connectivity index (χ3n) is 4.52. The lowest BCUT2D eigenvalue weighted by Gasteiger charge is -2.31. The molecule has 20 heavy (non-hydrogen) atoms. The van der Waals surface area contributed by atoms with E-state index in [4.69, 9.17) is 0 Å². The molecule has 0 aromatic carbocycles. The molecule has 1 N–H and O–H groups in total. The number of thiophene rings is 1. The van der Waals surface area contributed by atoms with Crippen LogP contribution in [0, 0.1) is 5.92 Å². The van der Waals surface area contributed by atoms with E-state index in [0.29, 0.717) is 0 Å². The predicted octanol–water partition coefficient (Wildman–Crippen LogP) is 4.13. The van der Waals surface area contributed by atoms with Crippen LogP contribution in [0.5, 0.6) is 0 Å². The molecule has 0 bridgehead atoms. The lowest BCUT2D eigenvalue weighted by atomic mass is 9.94. The molecular formula is C17H30N2S. The summed E-state index contributed by atoms with van der Waals surface area (Å²) in [5.74, 6) is 0.831. The van der Waals surface area contributed by atoms with Gasteiger partial charge in [-0.05, 0) is 43.3 Å². The second kappa shape index (κ2) is 8.81. The molecule has 1 heterocycles.